The summed E-state index contributed by atoms with van der Waals surface area (Å²) >= 11 is 0. The third-order valence-corrected chi connectivity index (χ3v) is 1.29. The standard InChI is InChI=1S/C6H11NO4/c1-3-4-5(7(9)10)6(8)11-2/h5H,3-4H2,1-2H3. The van der Waals surface area contributed by atoms with Crippen LogP contribution in [0.15, 0.2) is 0 Å². The molecule has 0 aromatic rings. The molecule has 0 aliphatic heterocycles. The van der Waals surface area contributed by atoms with Gasteiger partial charge in [-0.05, 0) is 6.42 Å². The normalized spacial score (nSPS) is 12.2. The fourth-order valence-electron chi connectivity index (χ4n) is 0.719. The average Bonchev–Trinajstić information content (AvgIpc) is 1.98. The van der Waals surface area contributed by atoms with Crippen LogP contribution in [0, 0.1) is 10.1 Å². The monoisotopic (exact) mass is 161 g/mol. The number of esters is 1. The highest BCUT2D eigenvalue weighted by Crippen LogP contribution is 2.02. The molecule has 0 aliphatic carbocycles. The van der Waals surface area contributed by atoms with Crippen molar-refractivity contribution >= 4 is 5.97 Å². The molecule has 64 valence electrons. The molecule has 0 bridgehead atoms. The molecule has 0 saturated heterocycles. The van der Waals surface area contributed by atoms with Gasteiger partial charge >= 0.3 is 12.0 Å². The molecule has 0 aliphatic rings. The van der Waals surface area contributed by atoms with E-state index in [9.17, 15) is 14.9 Å². The topological polar surface area (TPSA) is 69.4 Å². The first-order chi connectivity index (χ1) is 5.13. The summed E-state index contributed by atoms with van der Waals surface area (Å²) in [5.41, 5.74) is 0. The van der Waals surface area contributed by atoms with E-state index >= 15 is 0 Å². The quantitative estimate of drug-likeness (QED) is 0.344. The van der Waals surface area contributed by atoms with E-state index in [4.69, 9.17) is 0 Å². The molecule has 0 aromatic heterocycles. The number of ether oxygens (including phenoxy) is 1. The van der Waals surface area contributed by atoms with E-state index in [1.165, 1.54) is 0 Å². The number of hydrogen-bond donors (Lipinski definition) is 0. The minimum atomic E-state index is -1.19. The zero-order valence-electron chi connectivity index (χ0n) is 6.57. The number of nitrogens with zero attached hydrogens (tertiary/aromatic N) is 1. The maximum Gasteiger partial charge on any atom is 0.381 e. The van der Waals surface area contributed by atoms with Crippen LogP contribution < -0.4 is 0 Å². The van der Waals surface area contributed by atoms with Gasteiger partial charge in [0.15, 0.2) is 0 Å². The van der Waals surface area contributed by atoms with Gasteiger partial charge in [-0.15, -0.1) is 0 Å². The molecule has 0 saturated carbocycles. The molecule has 11 heavy (non-hydrogen) atoms. The minimum Gasteiger partial charge on any atom is -0.464 e. The zero-order valence-corrected chi connectivity index (χ0v) is 6.57. The van der Waals surface area contributed by atoms with Crippen LogP contribution in [0.5, 0.6) is 0 Å². The van der Waals surface area contributed by atoms with E-state index in [-0.39, 0.29) is 6.42 Å². The maximum absolute atomic E-state index is 10.7. The van der Waals surface area contributed by atoms with Crippen molar-refractivity contribution in [2.24, 2.45) is 0 Å². The molecule has 5 heteroatoms. The van der Waals surface area contributed by atoms with Gasteiger partial charge in [0.2, 0.25) is 0 Å². The molecule has 0 spiro atoms. The molecule has 0 heterocycles. The van der Waals surface area contributed by atoms with Gasteiger partial charge in [0.05, 0.1) is 7.11 Å². The fourth-order valence-corrected chi connectivity index (χ4v) is 0.719. The summed E-state index contributed by atoms with van der Waals surface area (Å²) in [4.78, 5) is 20.3. The van der Waals surface area contributed by atoms with E-state index in [0.717, 1.165) is 7.11 Å². The van der Waals surface area contributed by atoms with Crippen molar-refractivity contribution < 1.29 is 14.5 Å². The first kappa shape index (κ1) is 9.87. The Balaban J connectivity index is 4.09. The second kappa shape index (κ2) is 4.65. The SMILES string of the molecule is CCCC(C(=O)OC)[N+](=O)[O-]. The molecule has 0 fully saturated rings. The van der Waals surface area contributed by atoms with E-state index in [1.54, 1.807) is 6.92 Å². The smallest absolute Gasteiger partial charge is 0.381 e. The van der Waals surface area contributed by atoms with Crippen LogP contribution in [0.1, 0.15) is 19.8 Å². The predicted octanol–water partition coefficient (Wildman–Crippen LogP) is 0.605. The second-order valence-corrected chi connectivity index (χ2v) is 2.11. The van der Waals surface area contributed by atoms with Gasteiger partial charge in [0.25, 0.3) is 0 Å². The van der Waals surface area contributed by atoms with Gasteiger partial charge in [-0.1, -0.05) is 6.92 Å². The van der Waals surface area contributed by atoms with Crippen molar-refractivity contribution in [3.05, 3.63) is 10.1 Å². The number of carbonyl (C=O) groups is 1. The highest BCUT2D eigenvalue weighted by atomic mass is 16.6. The Kier molecular flexibility index (Phi) is 4.17. The van der Waals surface area contributed by atoms with Crippen LogP contribution >= 0.6 is 0 Å². The lowest BCUT2D eigenvalue weighted by atomic mass is 10.2. The number of rotatable bonds is 4. The summed E-state index contributed by atoms with van der Waals surface area (Å²) in [6.07, 6.45) is 0.834. The third-order valence-electron chi connectivity index (χ3n) is 1.29. The summed E-state index contributed by atoms with van der Waals surface area (Å²) in [5, 5.41) is 10.2. The Bertz CT molecular complexity index is 157. The van der Waals surface area contributed by atoms with Crippen LogP contribution in [-0.2, 0) is 9.53 Å². The van der Waals surface area contributed by atoms with Crippen molar-refractivity contribution in [1.82, 2.24) is 0 Å². The zero-order chi connectivity index (χ0) is 8.85. The van der Waals surface area contributed by atoms with Crippen LogP contribution in [0.4, 0.5) is 0 Å². The molecular weight excluding hydrogens is 150 g/mol. The maximum atomic E-state index is 10.7. The van der Waals surface area contributed by atoms with Crippen LogP contribution in [0.2, 0.25) is 0 Å². The number of hydrogen-bond acceptors (Lipinski definition) is 4. The van der Waals surface area contributed by atoms with Crippen LogP contribution in [-0.4, -0.2) is 24.0 Å². The molecule has 0 radical (unpaired) electrons. The Hall–Kier alpha value is -1.13. The van der Waals surface area contributed by atoms with E-state index in [2.05, 4.69) is 4.74 Å². The number of carbonyl (C=O) groups excluding carboxylic acids is 1. The molecule has 0 N–H and O–H groups in total. The first-order valence-electron chi connectivity index (χ1n) is 3.34. The first-order valence-corrected chi connectivity index (χ1v) is 3.34. The molecule has 5 nitrogen and oxygen atoms in total. The molecule has 1 unspecified atom stereocenters. The predicted molar refractivity (Wildman–Crippen MR) is 37.7 cm³/mol. The largest absolute Gasteiger partial charge is 0.464 e. The molecule has 0 amide bonds. The fraction of sp³-hybridized carbons (Fsp3) is 0.833. The Labute approximate surface area is 64.5 Å². The highest BCUT2D eigenvalue weighted by molar-refractivity contribution is 5.74. The van der Waals surface area contributed by atoms with Gasteiger partial charge < -0.3 is 4.74 Å². The second-order valence-electron chi connectivity index (χ2n) is 2.11. The lowest BCUT2D eigenvalue weighted by Crippen LogP contribution is -2.30. The van der Waals surface area contributed by atoms with Crippen molar-refractivity contribution in [2.75, 3.05) is 7.11 Å². The summed E-state index contributed by atoms with van der Waals surface area (Å²) in [6.45, 7) is 1.78. The summed E-state index contributed by atoms with van der Waals surface area (Å²) < 4.78 is 4.25. The third kappa shape index (κ3) is 2.97. The van der Waals surface area contributed by atoms with E-state index in [0.29, 0.717) is 6.42 Å². The van der Waals surface area contributed by atoms with Crippen LogP contribution in [0.3, 0.4) is 0 Å². The minimum absolute atomic E-state index is 0.236. The number of methoxy groups -OCH3 is 1. The number of nitro groups is 1. The molecule has 0 aromatic carbocycles. The molecule has 1 atom stereocenters. The van der Waals surface area contributed by atoms with Crippen molar-refractivity contribution in [1.29, 1.82) is 0 Å². The van der Waals surface area contributed by atoms with Gasteiger partial charge in [-0.3, -0.25) is 10.1 Å². The van der Waals surface area contributed by atoms with Crippen molar-refractivity contribution in [3.8, 4) is 0 Å². The average molecular weight is 161 g/mol. The highest BCUT2D eigenvalue weighted by Gasteiger charge is 2.28. The Morgan fingerprint density at radius 3 is 2.55 bits per heavy atom. The molecule has 0 rings (SSSR count). The van der Waals surface area contributed by atoms with Crippen molar-refractivity contribution in [3.63, 3.8) is 0 Å². The van der Waals surface area contributed by atoms with E-state index < -0.39 is 16.9 Å². The lowest BCUT2D eigenvalue weighted by Gasteiger charge is -2.04. The van der Waals surface area contributed by atoms with Gasteiger partial charge in [0.1, 0.15) is 0 Å². The molecular formula is C6H11NO4. The summed E-state index contributed by atoms with van der Waals surface area (Å²) in [7, 11) is 1.15. The lowest BCUT2D eigenvalue weighted by molar-refractivity contribution is -0.511. The van der Waals surface area contributed by atoms with E-state index in [1.807, 2.05) is 0 Å². The van der Waals surface area contributed by atoms with Crippen LogP contribution in [0.25, 0.3) is 0 Å². The van der Waals surface area contributed by atoms with Gasteiger partial charge in [-0.25, -0.2) is 4.79 Å². The van der Waals surface area contributed by atoms with Crippen molar-refractivity contribution in [2.45, 2.75) is 25.8 Å². The Morgan fingerprint density at radius 1 is 1.73 bits per heavy atom. The summed E-state index contributed by atoms with van der Waals surface area (Å²) in [6, 6.07) is -1.19. The van der Waals surface area contributed by atoms with Gasteiger partial charge in [-0.2, -0.15) is 0 Å². The van der Waals surface area contributed by atoms with Gasteiger partial charge in [0, 0.05) is 11.3 Å². The summed E-state index contributed by atoms with van der Waals surface area (Å²) in [5.74, 6) is -0.767. The Morgan fingerprint density at radius 2 is 2.27 bits per heavy atom.